The average Bonchev–Trinajstić information content (AvgIpc) is 2.44. The van der Waals surface area contributed by atoms with Gasteiger partial charge in [-0.05, 0) is 12.5 Å². The first-order valence-electron chi connectivity index (χ1n) is 7.29. The second-order valence-electron chi connectivity index (χ2n) is 5.18. The van der Waals surface area contributed by atoms with Gasteiger partial charge in [-0.15, -0.1) is 0 Å². The zero-order valence-electron chi connectivity index (χ0n) is 13.0. The molecule has 0 aliphatic rings. The van der Waals surface area contributed by atoms with Crippen LogP contribution < -0.4 is 5.32 Å². The van der Waals surface area contributed by atoms with E-state index < -0.39 is 15.8 Å². The Balaban J connectivity index is 2.66. The van der Waals surface area contributed by atoms with E-state index in [4.69, 9.17) is 0 Å². The highest BCUT2D eigenvalue weighted by Gasteiger charge is 2.21. The number of carbonyl (C=O) groups is 1. The lowest BCUT2D eigenvalue weighted by atomic mass is 10.2. The SMILES string of the molecule is CCCCCNC(=O)CN(Cc1ccccc1F)S(C)(=O)=O. The molecule has 1 rings (SSSR count). The molecule has 0 aliphatic heterocycles. The maximum Gasteiger partial charge on any atom is 0.235 e. The molecule has 0 bridgehead atoms. The number of carbonyl (C=O) groups excluding carboxylic acids is 1. The Hall–Kier alpha value is -1.47. The summed E-state index contributed by atoms with van der Waals surface area (Å²) >= 11 is 0. The molecule has 0 saturated heterocycles. The minimum Gasteiger partial charge on any atom is -0.355 e. The second-order valence-corrected chi connectivity index (χ2v) is 7.16. The van der Waals surface area contributed by atoms with Crippen LogP contribution in [0.15, 0.2) is 24.3 Å². The number of amides is 1. The van der Waals surface area contributed by atoms with Gasteiger partial charge in [0.2, 0.25) is 15.9 Å². The van der Waals surface area contributed by atoms with Gasteiger partial charge in [0.25, 0.3) is 0 Å². The van der Waals surface area contributed by atoms with Crippen molar-refractivity contribution in [2.75, 3.05) is 19.3 Å². The molecule has 0 unspecified atom stereocenters. The molecule has 0 fully saturated rings. The van der Waals surface area contributed by atoms with Gasteiger partial charge in [0.05, 0.1) is 12.8 Å². The first-order valence-corrected chi connectivity index (χ1v) is 9.14. The first kappa shape index (κ1) is 18.6. The van der Waals surface area contributed by atoms with Crippen LogP contribution in [0.5, 0.6) is 0 Å². The minimum absolute atomic E-state index is 0.159. The lowest BCUT2D eigenvalue weighted by Gasteiger charge is -2.19. The Bertz CT molecular complexity index is 590. The van der Waals surface area contributed by atoms with E-state index >= 15 is 0 Å². The van der Waals surface area contributed by atoms with Crippen LogP contribution in [-0.2, 0) is 21.4 Å². The number of halogens is 1. The third kappa shape index (κ3) is 6.53. The van der Waals surface area contributed by atoms with Gasteiger partial charge in [0, 0.05) is 18.7 Å². The number of benzene rings is 1. The Labute approximate surface area is 131 Å². The molecular weight excluding hydrogens is 307 g/mol. The average molecular weight is 330 g/mol. The summed E-state index contributed by atoms with van der Waals surface area (Å²) in [4.78, 5) is 11.8. The van der Waals surface area contributed by atoms with Gasteiger partial charge in [0.15, 0.2) is 0 Å². The number of unbranched alkanes of at least 4 members (excludes halogenated alkanes) is 2. The predicted molar refractivity (Wildman–Crippen MR) is 84.2 cm³/mol. The summed E-state index contributed by atoms with van der Waals surface area (Å²) in [6.45, 7) is 2.11. The lowest BCUT2D eigenvalue weighted by Crippen LogP contribution is -2.40. The van der Waals surface area contributed by atoms with E-state index in [1.54, 1.807) is 6.07 Å². The molecular formula is C15H23FN2O3S. The van der Waals surface area contributed by atoms with Gasteiger partial charge in [-0.25, -0.2) is 12.8 Å². The van der Waals surface area contributed by atoms with Crippen LogP contribution in [0.25, 0.3) is 0 Å². The summed E-state index contributed by atoms with van der Waals surface area (Å²) in [7, 11) is -3.60. The fourth-order valence-electron chi connectivity index (χ4n) is 1.93. The van der Waals surface area contributed by atoms with Crippen LogP contribution in [-0.4, -0.2) is 38.0 Å². The smallest absolute Gasteiger partial charge is 0.235 e. The standard InChI is InChI=1S/C15H23FN2O3S/c1-3-4-7-10-17-15(19)12-18(22(2,20)21)11-13-8-5-6-9-14(13)16/h5-6,8-9H,3-4,7,10-12H2,1-2H3,(H,17,19). The molecule has 1 aromatic rings. The quantitative estimate of drug-likeness (QED) is 0.703. The Morgan fingerprint density at radius 1 is 1.27 bits per heavy atom. The number of hydrogen-bond donors (Lipinski definition) is 1. The molecule has 0 heterocycles. The number of rotatable bonds is 9. The van der Waals surface area contributed by atoms with E-state index in [9.17, 15) is 17.6 Å². The van der Waals surface area contributed by atoms with Crippen molar-refractivity contribution in [2.45, 2.75) is 32.7 Å². The Morgan fingerprint density at radius 2 is 1.95 bits per heavy atom. The Kier molecular flexibility index (Phi) is 7.47. The van der Waals surface area contributed by atoms with Crippen molar-refractivity contribution >= 4 is 15.9 Å². The van der Waals surface area contributed by atoms with Crippen molar-refractivity contribution in [1.29, 1.82) is 0 Å². The largest absolute Gasteiger partial charge is 0.355 e. The van der Waals surface area contributed by atoms with Crippen molar-refractivity contribution in [1.82, 2.24) is 9.62 Å². The molecule has 1 N–H and O–H groups in total. The zero-order valence-corrected chi connectivity index (χ0v) is 13.8. The summed E-state index contributed by atoms with van der Waals surface area (Å²) < 4.78 is 38.2. The molecule has 124 valence electrons. The van der Waals surface area contributed by atoms with Gasteiger partial charge in [-0.1, -0.05) is 38.0 Å². The van der Waals surface area contributed by atoms with Crippen LogP contribution in [0, 0.1) is 5.82 Å². The van der Waals surface area contributed by atoms with E-state index in [1.807, 2.05) is 0 Å². The van der Waals surface area contributed by atoms with Gasteiger partial charge in [0.1, 0.15) is 5.82 Å². The van der Waals surface area contributed by atoms with Crippen LogP contribution in [0.3, 0.4) is 0 Å². The fraction of sp³-hybridized carbons (Fsp3) is 0.533. The fourth-order valence-corrected chi connectivity index (χ4v) is 2.65. The summed E-state index contributed by atoms with van der Waals surface area (Å²) in [6, 6.07) is 5.93. The van der Waals surface area contributed by atoms with E-state index in [0.29, 0.717) is 6.54 Å². The minimum atomic E-state index is -3.60. The zero-order chi connectivity index (χ0) is 16.6. The maximum atomic E-state index is 13.6. The molecule has 1 aromatic carbocycles. The van der Waals surface area contributed by atoms with Crippen LogP contribution in [0.1, 0.15) is 31.7 Å². The van der Waals surface area contributed by atoms with E-state index in [2.05, 4.69) is 12.2 Å². The Morgan fingerprint density at radius 3 is 2.55 bits per heavy atom. The van der Waals surface area contributed by atoms with E-state index in [-0.39, 0.29) is 24.6 Å². The highest BCUT2D eigenvalue weighted by Crippen LogP contribution is 2.12. The number of sulfonamides is 1. The first-order chi connectivity index (χ1) is 10.3. The molecule has 0 atom stereocenters. The number of hydrogen-bond acceptors (Lipinski definition) is 3. The predicted octanol–water partition coefficient (Wildman–Crippen LogP) is 1.89. The highest BCUT2D eigenvalue weighted by atomic mass is 32.2. The monoisotopic (exact) mass is 330 g/mol. The normalized spacial score (nSPS) is 11.6. The molecule has 22 heavy (non-hydrogen) atoms. The van der Waals surface area contributed by atoms with Crippen molar-refractivity contribution in [3.8, 4) is 0 Å². The summed E-state index contributed by atoms with van der Waals surface area (Å²) in [5.41, 5.74) is 0.242. The number of nitrogens with one attached hydrogen (secondary N) is 1. The van der Waals surface area contributed by atoms with Crippen LogP contribution in [0.2, 0.25) is 0 Å². The van der Waals surface area contributed by atoms with Crippen molar-refractivity contribution in [2.24, 2.45) is 0 Å². The summed E-state index contributed by atoms with van der Waals surface area (Å²) in [5.74, 6) is -0.864. The van der Waals surface area contributed by atoms with Gasteiger partial charge in [-0.3, -0.25) is 4.79 Å². The third-order valence-electron chi connectivity index (χ3n) is 3.20. The summed E-state index contributed by atoms with van der Waals surface area (Å²) in [5, 5.41) is 2.68. The summed E-state index contributed by atoms with van der Waals surface area (Å²) in [6.07, 6.45) is 3.91. The number of nitrogens with zero attached hydrogens (tertiary/aromatic N) is 1. The molecule has 0 aromatic heterocycles. The van der Waals surface area contributed by atoms with Gasteiger partial charge in [-0.2, -0.15) is 4.31 Å². The molecule has 1 amide bonds. The lowest BCUT2D eigenvalue weighted by molar-refractivity contribution is -0.121. The molecule has 5 nitrogen and oxygen atoms in total. The van der Waals surface area contributed by atoms with Gasteiger partial charge < -0.3 is 5.32 Å². The molecule has 0 radical (unpaired) electrons. The van der Waals surface area contributed by atoms with E-state index in [0.717, 1.165) is 29.8 Å². The third-order valence-corrected chi connectivity index (χ3v) is 4.39. The maximum absolute atomic E-state index is 13.6. The second kappa shape index (κ2) is 8.85. The molecule has 0 saturated carbocycles. The van der Waals surface area contributed by atoms with Crippen molar-refractivity contribution < 1.29 is 17.6 Å². The van der Waals surface area contributed by atoms with E-state index in [1.165, 1.54) is 18.2 Å². The van der Waals surface area contributed by atoms with Crippen LogP contribution in [0.4, 0.5) is 4.39 Å². The van der Waals surface area contributed by atoms with Gasteiger partial charge >= 0.3 is 0 Å². The van der Waals surface area contributed by atoms with Crippen molar-refractivity contribution in [3.05, 3.63) is 35.6 Å². The highest BCUT2D eigenvalue weighted by molar-refractivity contribution is 7.88. The molecule has 7 heteroatoms. The van der Waals surface area contributed by atoms with Crippen molar-refractivity contribution in [3.63, 3.8) is 0 Å². The van der Waals surface area contributed by atoms with Crippen LogP contribution >= 0.6 is 0 Å². The molecule has 0 spiro atoms. The molecule has 0 aliphatic carbocycles. The topological polar surface area (TPSA) is 66.5 Å².